The van der Waals surface area contributed by atoms with Crippen molar-refractivity contribution in [3.05, 3.63) is 65.7 Å². The molecule has 0 N–H and O–H groups in total. The number of fused-ring (bicyclic) bond motifs is 1. The highest BCUT2D eigenvalue weighted by Gasteiger charge is 2.38. The Morgan fingerprint density at radius 2 is 1.80 bits per heavy atom. The molecule has 2 atom stereocenters. The number of carbonyl (C=O) groups is 1. The molecule has 0 spiro atoms. The highest BCUT2D eigenvalue weighted by atomic mass is 32.2. The first-order valence-electron chi connectivity index (χ1n) is 10.9. The van der Waals surface area contributed by atoms with Gasteiger partial charge in [0.2, 0.25) is 15.9 Å². The summed E-state index contributed by atoms with van der Waals surface area (Å²) in [7, 11) is -3.35. The third kappa shape index (κ3) is 4.44. The van der Waals surface area contributed by atoms with E-state index in [1.165, 1.54) is 5.56 Å². The molecule has 1 amide bonds. The smallest absolute Gasteiger partial charge is 0.231 e. The molecule has 1 saturated heterocycles. The van der Waals surface area contributed by atoms with E-state index >= 15 is 0 Å². The van der Waals surface area contributed by atoms with Crippen molar-refractivity contribution < 1.29 is 13.2 Å². The molecule has 160 valence electrons. The molecule has 30 heavy (non-hydrogen) atoms. The first kappa shape index (κ1) is 21.1. The second-order valence-corrected chi connectivity index (χ2v) is 10.6. The van der Waals surface area contributed by atoms with E-state index in [4.69, 9.17) is 0 Å². The fourth-order valence-corrected chi connectivity index (χ4v) is 6.31. The third-order valence-electron chi connectivity index (χ3n) is 6.28. The summed E-state index contributed by atoms with van der Waals surface area (Å²) < 4.78 is 27.4. The highest BCUT2D eigenvalue weighted by Crippen LogP contribution is 2.34. The molecule has 2 aromatic rings. The summed E-state index contributed by atoms with van der Waals surface area (Å²) in [5.74, 6) is -0.0703. The molecule has 0 aliphatic carbocycles. The first-order chi connectivity index (χ1) is 14.5. The van der Waals surface area contributed by atoms with Crippen LogP contribution >= 0.6 is 0 Å². The van der Waals surface area contributed by atoms with E-state index in [-0.39, 0.29) is 23.6 Å². The Balaban J connectivity index is 1.39. The topological polar surface area (TPSA) is 57.7 Å². The number of sulfonamides is 1. The predicted molar refractivity (Wildman–Crippen MR) is 120 cm³/mol. The van der Waals surface area contributed by atoms with E-state index in [2.05, 4.69) is 13.0 Å². The maximum Gasteiger partial charge on any atom is 0.231 e. The molecular formula is C24H30N2O3S. The Morgan fingerprint density at radius 1 is 1.07 bits per heavy atom. The Morgan fingerprint density at radius 3 is 2.60 bits per heavy atom. The monoisotopic (exact) mass is 426 g/mol. The van der Waals surface area contributed by atoms with Crippen LogP contribution in [0.1, 0.15) is 37.3 Å². The van der Waals surface area contributed by atoms with Gasteiger partial charge >= 0.3 is 0 Å². The molecule has 4 rings (SSSR count). The highest BCUT2D eigenvalue weighted by molar-refractivity contribution is 7.89. The van der Waals surface area contributed by atoms with Gasteiger partial charge in [-0.15, -0.1) is 0 Å². The van der Waals surface area contributed by atoms with Crippen molar-refractivity contribution in [2.45, 2.75) is 45.1 Å². The second-order valence-electron chi connectivity index (χ2n) is 8.49. The van der Waals surface area contributed by atoms with Crippen molar-refractivity contribution in [1.82, 2.24) is 4.31 Å². The van der Waals surface area contributed by atoms with E-state index in [1.807, 2.05) is 53.4 Å². The number of hydrogen-bond donors (Lipinski definition) is 0. The minimum atomic E-state index is -3.35. The fraction of sp³-hybridized carbons (Fsp3) is 0.458. The van der Waals surface area contributed by atoms with Crippen LogP contribution in [-0.4, -0.2) is 43.5 Å². The molecule has 6 heteroatoms. The third-order valence-corrected chi connectivity index (χ3v) is 8.21. The second kappa shape index (κ2) is 8.90. The lowest BCUT2D eigenvalue weighted by atomic mass is 9.97. The van der Waals surface area contributed by atoms with Crippen molar-refractivity contribution in [1.29, 1.82) is 0 Å². The molecule has 1 fully saturated rings. The molecule has 2 unspecified atom stereocenters. The molecular weight excluding hydrogens is 396 g/mol. The molecule has 0 aromatic heterocycles. The normalized spacial score (nSPS) is 22.1. The summed E-state index contributed by atoms with van der Waals surface area (Å²) in [5.41, 5.74) is 3.33. The van der Waals surface area contributed by atoms with E-state index in [0.29, 0.717) is 19.5 Å². The summed E-state index contributed by atoms with van der Waals surface area (Å²) >= 11 is 0. The van der Waals surface area contributed by atoms with Gasteiger partial charge in [-0.2, -0.15) is 0 Å². The van der Waals surface area contributed by atoms with Gasteiger partial charge in [-0.05, 0) is 56.2 Å². The van der Waals surface area contributed by atoms with E-state index in [9.17, 15) is 13.2 Å². The number of hydrogen-bond acceptors (Lipinski definition) is 3. The predicted octanol–water partition coefficient (Wildman–Crippen LogP) is 3.64. The zero-order valence-electron chi connectivity index (χ0n) is 17.5. The number of rotatable bonds is 6. The van der Waals surface area contributed by atoms with E-state index in [0.717, 1.165) is 36.9 Å². The number of carbonyl (C=O) groups excluding carboxylic acids is 1. The van der Waals surface area contributed by atoms with Crippen LogP contribution in [0.3, 0.4) is 0 Å². The van der Waals surface area contributed by atoms with E-state index < -0.39 is 10.0 Å². The van der Waals surface area contributed by atoms with Gasteiger partial charge in [0.05, 0.1) is 11.7 Å². The lowest BCUT2D eigenvalue weighted by Crippen LogP contribution is -2.48. The Hall–Kier alpha value is -2.18. The minimum absolute atomic E-state index is 0.0663. The molecule has 2 heterocycles. The summed E-state index contributed by atoms with van der Waals surface area (Å²) in [6.07, 6.45) is 3.69. The van der Waals surface area contributed by atoms with Gasteiger partial charge in [0.15, 0.2) is 0 Å². The molecule has 2 aliphatic heterocycles. The molecule has 2 aliphatic rings. The number of para-hydroxylation sites is 1. The maximum absolute atomic E-state index is 13.3. The molecule has 0 saturated carbocycles. The number of nitrogens with zero attached hydrogens (tertiary/aromatic N) is 2. The van der Waals surface area contributed by atoms with Crippen LogP contribution in [0.15, 0.2) is 54.6 Å². The molecule has 2 aromatic carbocycles. The average Bonchev–Trinajstić information content (AvgIpc) is 3.09. The SMILES string of the molecule is CC1Cc2ccccc2N1C(=O)C1CCCN(S(=O)(=O)CCCc2ccccc2)C1. The van der Waals surface area contributed by atoms with Crippen LogP contribution in [0, 0.1) is 5.92 Å². The van der Waals surface area contributed by atoms with Crippen molar-refractivity contribution >= 4 is 21.6 Å². The summed E-state index contributed by atoms with van der Waals surface area (Å²) in [4.78, 5) is 15.2. The number of benzene rings is 2. The van der Waals surface area contributed by atoms with Crippen LogP contribution in [0.25, 0.3) is 0 Å². The lowest BCUT2D eigenvalue weighted by Gasteiger charge is -2.34. The maximum atomic E-state index is 13.3. The minimum Gasteiger partial charge on any atom is -0.309 e. The number of amides is 1. The van der Waals surface area contributed by atoms with Crippen molar-refractivity contribution in [2.75, 3.05) is 23.7 Å². The molecule has 0 radical (unpaired) electrons. The van der Waals surface area contributed by atoms with Gasteiger partial charge in [-0.1, -0.05) is 48.5 Å². The zero-order valence-corrected chi connectivity index (χ0v) is 18.4. The van der Waals surface area contributed by atoms with Crippen molar-refractivity contribution in [3.8, 4) is 0 Å². The van der Waals surface area contributed by atoms with E-state index in [1.54, 1.807) is 4.31 Å². The lowest BCUT2D eigenvalue weighted by molar-refractivity contribution is -0.123. The number of anilines is 1. The summed E-state index contributed by atoms with van der Waals surface area (Å²) in [5, 5.41) is 0. The van der Waals surface area contributed by atoms with Gasteiger partial charge in [-0.3, -0.25) is 4.79 Å². The Kier molecular flexibility index (Phi) is 6.25. The average molecular weight is 427 g/mol. The van der Waals surface area contributed by atoms with Gasteiger partial charge in [-0.25, -0.2) is 12.7 Å². The Labute approximate surface area is 179 Å². The van der Waals surface area contributed by atoms with Crippen LogP contribution in [-0.2, 0) is 27.7 Å². The Bertz CT molecular complexity index is 991. The summed E-state index contributed by atoms with van der Waals surface area (Å²) in [6.45, 7) is 2.89. The quantitative estimate of drug-likeness (QED) is 0.709. The standard InChI is InChI=1S/C24H30N2O3S/c1-19-17-21-12-5-6-14-23(21)26(19)24(27)22-13-7-15-25(18-22)30(28,29)16-8-11-20-9-3-2-4-10-20/h2-6,9-10,12,14,19,22H,7-8,11,13,15-18H2,1H3. The van der Waals surface area contributed by atoms with Crippen LogP contribution in [0.5, 0.6) is 0 Å². The van der Waals surface area contributed by atoms with Gasteiger partial charge in [0, 0.05) is 24.8 Å². The van der Waals surface area contributed by atoms with Gasteiger partial charge < -0.3 is 4.90 Å². The fourth-order valence-electron chi connectivity index (χ4n) is 4.73. The van der Waals surface area contributed by atoms with Crippen LogP contribution in [0.2, 0.25) is 0 Å². The van der Waals surface area contributed by atoms with Gasteiger partial charge in [0.25, 0.3) is 0 Å². The number of piperidine rings is 1. The van der Waals surface area contributed by atoms with Crippen LogP contribution in [0.4, 0.5) is 5.69 Å². The van der Waals surface area contributed by atoms with Crippen molar-refractivity contribution in [3.63, 3.8) is 0 Å². The largest absolute Gasteiger partial charge is 0.309 e. The summed E-state index contributed by atoms with van der Waals surface area (Å²) in [6, 6.07) is 18.1. The molecule has 5 nitrogen and oxygen atoms in total. The van der Waals surface area contributed by atoms with Crippen LogP contribution < -0.4 is 4.90 Å². The zero-order chi connectivity index (χ0) is 21.1. The first-order valence-corrected chi connectivity index (χ1v) is 12.5. The van der Waals surface area contributed by atoms with Crippen molar-refractivity contribution in [2.24, 2.45) is 5.92 Å². The van der Waals surface area contributed by atoms with Gasteiger partial charge in [0.1, 0.15) is 0 Å². The molecule has 0 bridgehead atoms. The number of aryl methyl sites for hydroxylation is 1.